The van der Waals surface area contributed by atoms with Crippen LogP contribution in [0.3, 0.4) is 0 Å². The second-order valence-corrected chi connectivity index (χ2v) is 7.04. The van der Waals surface area contributed by atoms with Gasteiger partial charge < -0.3 is 10.6 Å². The molecule has 0 spiro atoms. The normalized spacial score (nSPS) is 19.8. The molecule has 8 nitrogen and oxygen atoms in total. The van der Waals surface area contributed by atoms with Crippen molar-refractivity contribution < 1.29 is 9.59 Å². The van der Waals surface area contributed by atoms with E-state index in [4.69, 9.17) is 5.73 Å². The number of carbonyl (C=O) groups is 2. The zero-order chi connectivity index (χ0) is 19.5. The van der Waals surface area contributed by atoms with Crippen molar-refractivity contribution in [3.05, 3.63) is 53.9 Å². The molecule has 1 saturated heterocycles. The first kappa shape index (κ1) is 18.1. The van der Waals surface area contributed by atoms with Gasteiger partial charge in [0.1, 0.15) is 0 Å². The number of primary amides is 1. The lowest BCUT2D eigenvalue weighted by Gasteiger charge is -2.33. The van der Waals surface area contributed by atoms with Crippen LogP contribution in [0.2, 0.25) is 0 Å². The summed E-state index contributed by atoms with van der Waals surface area (Å²) in [5, 5.41) is 6.00. The molecule has 2 N–H and O–H groups in total. The average Bonchev–Trinajstić information content (AvgIpc) is 3.24. The molecular formula is C20H22N6O2. The number of nitrogens with zero attached hydrogens (tertiary/aromatic N) is 5. The van der Waals surface area contributed by atoms with Crippen molar-refractivity contribution in [3.8, 4) is 0 Å². The van der Waals surface area contributed by atoms with Crippen LogP contribution in [0.1, 0.15) is 41.2 Å². The summed E-state index contributed by atoms with van der Waals surface area (Å²) in [5.74, 6) is 0.0158. The van der Waals surface area contributed by atoms with Gasteiger partial charge in [0.05, 0.1) is 11.6 Å². The predicted molar refractivity (Wildman–Crippen MR) is 105 cm³/mol. The summed E-state index contributed by atoms with van der Waals surface area (Å²) < 4.78 is 0. The molecule has 2 aliphatic rings. The Morgan fingerprint density at radius 3 is 2.36 bits per heavy atom. The fraction of sp³-hybridized carbons (Fsp3) is 0.350. The highest BCUT2D eigenvalue weighted by Gasteiger charge is 2.35. The summed E-state index contributed by atoms with van der Waals surface area (Å²) in [6.07, 6.45) is 6.87. The zero-order valence-electron chi connectivity index (χ0n) is 15.4. The topological polar surface area (TPSA) is 105 Å². The zero-order valence-corrected chi connectivity index (χ0v) is 15.4. The fourth-order valence-electron chi connectivity index (χ4n) is 3.70. The summed E-state index contributed by atoms with van der Waals surface area (Å²) in [7, 11) is 0. The fourth-order valence-corrected chi connectivity index (χ4v) is 3.70. The van der Waals surface area contributed by atoms with Gasteiger partial charge in [-0.2, -0.15) is 5.10 Å². The van der Waals surface area contributed by atoms with E-state index in [0.717, 1.165) is 12.0 Å². The first-order chi connectivity index (χ1) is 13.6. The molecule has 1 aromatic heterocycles. The van der Waals surface area contributed by atoms with Crippen molar-refractivity contribution in [1.82, 2.24) is 15.0 Å². The number of piperidine rings is 1. The third-order valence-corrected chi connectivity index (χ3v) is 5.29. The van der Waals surface area contributed by atoms with Crippen LogP contribution < -0.4 is 10.6 Å². The largest absolute Gasteiger partial charge is 0.366 e. The van der Waals surface area contributed by atoms with E-state index in [-0.39, 0.29) is 23.4 Å². The molecule has 0 saturated carbocycles. The van der Waals surface area contributed by atoms with Crippen LogP contribution in [0.5, 0.6) is 0 Å². The lowest BCUT2D eigenvalue weighted by molar-refractivity contribution is -0.138. The molecule has 3 heterocycles. The third-order valence-electron chi connectivity index (χ3n) is 5.29. The molecule has 2 aliphatic heterocycles. The smallest absolute Gasteiger partial charge is 0.251 e. The lowest BCUT2D eigenvalue weighted by Crippen LogP contribution is -2.41. The van der Waals surface area contributed by atoms with Gasteiger partial charge in [0, 0.05) is 44.0 Å². The van der Waals surface area contributed by atoms with Crippen molar-refractivity contribution in [1.29, 1.82) is 0 Å². The van der Waals surface area contributed by atoms with Gasteiger partial charge in [-0.3, -0.25) is 9.59 Å². The van der Waals surface area contributed by atoms with Gasteiger partial charge in [-0.25, -0.2) is 15.0 Å². The first-order valence-corrected chi connectivity index (χ1v) is 9.40. The van der Waals surface area contributed by atoms with Crippen LogP contribution in [0.25, 0.3) is 0 Å². The maximum Gasteiger partial charge on any atom is 0.251 e. The van der Waals surface area contributed by atoms with Gasteiger partial charge in [0.15, 0.2) is 0 Å². The summed E-state index contributed by atoms with van der Waals surface area (Å²) >= 11 is 0. The average molecular weight is 378 g/mol. The summed E-state index contributed by atoms with van der Waals surface area (Å²) in [4.78, 5) is 34.7. The molecule has 2 aromatic rings. The highest BCUT2D eigenvalue weighted by molar-refractivity contribution is 5.92. The Bertz CT molecular complexity index is 875. The lowest BCUT2D eigenvalue weighted by atomic mass is 9.94. The van der Waals surface area contributed by atoms with E-state index in [1.165, 1.54) is 12.4 Å². The van der Waals surface area contributed by atoms with E-state index < -0.39 is 5.91 Å². The van der Waals surface area contributed by atoms with Crippen molar-refractivity contribution >= 4 is 24.0 Å². The number of aromatic nitrogens is 2. The van der Waals surface area contributed by atoms with E-state index in [1.807, 2.05) is 41.4 Å². The number of rotatable bonds is 4. The molecule has 0 bridgehead atoms. The second kappa shape index (κ2) is 7.75. The van der Waals surface area contributed by atoms with Gasteiger partial charge in [0.25, 0.3) is 5.91 Å². The highest BCUT2D eigenvalue weighted by Crippen LogP contribution is 2.32. The van der Waals surface area contributed by atoms with Gasteiger partial charge in [-0.15, -0.1) is 0 Å². The minimum absolute atomic E-state index is 0.0172. The minimum Gasteiger partial charge on any atom is -0.366 e. The van der Waals surface area contributed by atoms with Crippen molar-refractivity contribution in [3.63, 3.8) is 0 Å². The number of carbonyl (C=O) groups excluding carboxylic acids is 2. The van der Waals surface area contributed by atoms with Gasteiger partial charge >= 0.3 is 0 Å². The van der Waals surface area contributed by atoms with E-state index in [0.29, 0.717) is 31.9 Å². The molecule has 0 aliphatic carbocycles. The molecular weight excluding hydrogens is 356 g/mol. The van der Waals surface area contributed by atoms with Crippen LogP contribution in [0.4, 0.5) is 5.95 Å². The number of anilines is 1. The monoisotopic (exact) mass is 378 g/mol. The predicted octanol–water partition coefficient (Wildman–Crippen LogP) is 1.75. The van der Waals surface area contributed by atoms with Crippen LogP contribution >= 0.6 is 0 Å². The van der Waals surface area contributed by atoms with E-state index in [9.17, 15) is 9.59 Å². The molecule has 144 valence electrons. The molecule has 28 heavy (non-hydrogen) atoms. The standard InChI is InChI=1S/C20H22N6O2/c21-18(27)16-12-22-20(23-13-16)25-10-7-15(8-11-25)19(28)26-17(6-9-24-26)14-4-2-1-3-5-14/h1-5,9,12-13,15,17H,6-8,10-11H2,(H2,21,27). The Morgan fingerprint density at radius 1 is 1.04 bits per heavy atom. The number of hydrazone groups is 1. The molecule has 0 radical (unpaired) electrons. The summed E-state index contributed by atoms with van der Waals surface area (Å²) in [5.41, 5.74) is 6.61. The van der Waals surface area contributed by atoms with Crippen LogP contribution in [0, 0.1) is 5.92 Å². The molecule has 8 heteroatoms. The number of benzene rings is 1. The number of nitrogens with two attached hydrogens (primary N) is 1. The number of hydrogen-bond acceptors (Lipinski definition) is 6. The van der Waals surface area contributed by atoms with Crippen LogP contribution in [-0.2, 0) is 4.79 Å². The Hall–Kier alpha value is -3.29. The molecule has 1 atom stereocenters. The molecule has 4 rings (SSSR count). The number of hydrogen-bond donors (Lipinski definition) is 1. The maximum absolute atomic E-state index is 13.1. The molecule has 1 aromatic carbocycles. The minimum atomic E-state index is -0.546. The van der Waals surface area contributed by atoms with Gasteiger partial charge in [-0.05, 0) is 18.4 Å². The van der Waals surface area contributed by atoms with E-state index >= 15 is 0 Å². The SMILES string of the molecule is NC(=O)c1cnc(N2CCC(C(=O)N3N=CCC3c3ccccc3)CC2)nc1. The Morgan fingerprint density at radius 2 is 1.71 bits per heavy atom. The molecule has 2 amide bonds. The number of amides is 2. The Kier molecular flexibility index (Phi) is 5.01. The Balaban J connectivity index is 1.38. The van der Waals surface area contributed by atoms with Crippen LogP contribution in [-0.4, -0.2) is 46.1 Å². The van der Waals surface area contributed by atoms with Crippen molar-refractivity contribution in [2.45, 2.75) is 25.3 Å². The van der Waals surface area contributed by atoms with E-state index in [2.05, 4.69) is 15.1 Å². The van der Waals surface area contributed by atoms with E-state index in [1.54, 1.807) is 5.01 Å². The van der Waals surface area contributed by atoms with Gasteiger partial charge in [0.2, 0.25) is 11.9 Å². The van der Waals surface area contributed by atoms with Gasteiger partial charge in [-0.1, -0.05) is 30.3 Å². The summed E-state index contributed by atoms with van der Waals surface area (Å²) in [6.45, 7) is 1.36. The Labute approximate surface area is 163 Å². The van der Waals surface area contributed by atoms with Crippen molar-refractivity contribution in [2.75, 3.05) is 18.0 Å². The maximum atomic E-state index is 13.1. The molecule has 1 fully saturated rings. The quantitative estimate of drug-likeness (QED) is 0.873. The first-order valence-electron chi connectivity index (χ1n) is 9.40. The van der Waals surface area contributed by atoms with Crippen LogP contribution in [0.15, 0.2) is 47.8 Å². The summed E-state index contributed by atoms with van der Waals surface area (Å²) in [6, 6.07) is 10.00. The molecule has 1 unspecified atom stereocenters. The highest BCUT2D eigenvalue weighted by atomic mass is 16.2. The second-order valence-electron chi connectivity index (χ2n) is 7.04. The third kappa shape index (κ3) is 3.58. The van der Waals surface area contributed by atoms with Crippen molar-refractivity contribution in [2.24, 2.45) is 16.8 Å².